The quantitative estimate of drug-likeness (QED) is 0.513. The zero-order valence-electron chi connectivity index (χ0n) is 16.6. The highest BCUT2D eigenvalue weighted by atomic mass is 16.5. The molecule has 1 aromatic heterocycles. The van der Waals surface area contributed by atoms with Gasteiger partial charge in [-0.25, -0.2) is 0 Å². The van der Waals surface area contributed by atoms with E-state index < -0.39 is 0 Å². The Morgan fingerprint density at radius 2 is 1.90 bits per heavy atom. The second-order valence-electron chi connectivity index (χ2n) is 6.92. The second-order valence-corrected chi connectivity index (χ2v) is 6.92. The van der Waals surface area contributed by atoms with Gasteiger partial charge in [-0.05, 0) is 36.2 Å². The maximum atomic E-state index is 13.1. The van der Waals surface area contributed by atoms with Crippen LogP contribution in [0.1, 0.15) is 22.8 Å². The van der Waals surface area contributed by atoms with Crippen molar-refractivity contribution < 1.29 is 9.53 Å². The number of aromatic nitrogens is 2. The predicted octanol–water partition coefficient (Wildman–Crippen LogP) is 4.90. The fraction of sp³-hybridized carbons (Fsp3) is 0.167. The Morgan fingerprint density at radius 3 is 2.69 bits per heavy atom. The van der Waals surface area contributed by atoms with E-state index in [1.165, 1.54) is 0 Å². The van der Waals surface area contributed by atoms with Crippen LogP contribution in [0.25, 0.3) is 22.0 Å². The lowest BCUT2D eigenvalue weighted by atomic mass is 10.0. The summed E-state index contributed by atoms with van der Waals surface area (Å²) < 4.78 is 5.79. The highest BCUT2D eigenvalue weighted by molar-refractivity contribution is 5.96. The average Bonchev–Trinajstić information content (AvgIpc) is 3.24. The number of aromatic amines is 1. The van der Waals surface area contributed by atoms with Gasteiger partial charge < -0.3 is 9.64 Å². The predicted molar refractivity (Wildman–Crippen MR) is 115 cm³/mol. The topological polar surface area (TPSA) is 58.2 Å². The van der Waals surface area contributed by atoms with Gasteiger partial charge in [-0.1, -0.05) is 48.5 Å². The number of H-pyrrole nitrogens is 1. The molecule has 4 rings (SSSR count). The molecule has 0 fully saturated rings. The number of carbonyl (C=O) groups excluding carboxylic acids is 1. The Bertz CT molecular complexity index is 1140. The number of amides is 1. The maximum absolute atomic E-state index is 13.1. The number of fused-ring (bicyclic) bond motifs is 1. The van der Waals surface area contributed by atoms with E-state index in [4.69, 9.17) is 4.74 Å². The summed E-state index contributed by atoms with van der Waals surface area (Å²) in [5.74, 6) is 0.738. The highest BCUT2D eigenvalue weighted by Crippen LogP contribution is 2.31. The van der Waals surface area contributed by atoms with Gasteiger partial charge in [0.15, 0.2) is 0 Å². The molecule has 5 heteroatoms. The molecule has 1 N–H and O–H groups in total. The number of nitrogens with one attached hydrogen (secondary N) is 1. The van der Waals surface area contributed by atoms with Crippen molar-refractivity contribution in [2.75, 3.05) is 13.7 Å². The van der Waals surface area contributed by atoms with Crippen molar-refractivity contribution in [1.82, 2.24) is 15.1 Å². The van der Waals surface area contributed by atoms with Crippen LogP contribution in [0.4, 0.5) is 0 Å². The van der Waals surface area contributed by atoms with Gasteiger partial charge in [-0.15, -0.1) is 0 Å². The average molecular weight is 385 g/mol. The van der Waals surface area contributed by atoms with Crippen LogP contribution in [0.5, 0.6) is 5.75 Å². The number of benzene rings is 3. The molecule has 0 atom stereocenters. The summed E-state index contributed by atoms with van der Waals surface area (Å²) in [6, 6.07) is 21.6. The van der Waals surface area contributed by atoms with Gasteiger partial charge in [0.2, 0.25) is 0 Å². The normalized spacial score (nSPS) is 10.8. The van der Waals surface area contributed by atoms with Gasteiger partial charge in [-0.2, -0.15) is 5.10 Å². The molecule has 1 heterocycles. The molecule has 0 aliphatic carbocycles. The van der Waals surface area contributed by atoms with E-state index in [0.29, 0.717) is 18.7 Å². The van der Waals surface area contributed by atoms with E-state index in [9.17, 15) is 4.79 Å². The van der Waals surface area contributed by atoms with Crippen molar-refractivity contribution >= 4 is 16.8 Å². The van der Waals surface area contributed by atoms with Gasteiger partial charge in [-0.3, -0.25) is 9.89 Å². The lowest BCUT2D eigenvalue weighted by molar-refractivity contribution is 0.0785. The van der Waals surface area contributed by atoms with Crippen LogP contribution >= 0.6 is 0 Å². The van der Waals surface area contributed by atoms with E-state index in [0.717, 1.165) is 33.3 Å². The molecule has 0 aliphatic heterocycles. The third kappa shape index (κ3) is 3.85. The molecule has 0 unspecified atom stereocenters. The molecule has 0 aliphatic rings. The Labute approximate surface area is 169 Å². The molecule has 5 nitrogen and oxygen atoms in total. The van der Waals surface area contributed by atoms with E-state index in [1.807, 2.05) is 80.7 Å². The van der Waals surface area contributed by atoms with Crippen LogP contribution < -0.4 is 4.74 Å². The molecule has 1 amide bonds. The van der Waals surface area contributed by atoms with E-state index in [1.54, 1.807) is 11.1 Å². The Hall–Kier alpha value is -3.60. The summed E-state index contributed by atoms with van der Waals surface area (Å²) in [4.78, 5) is 14.9. The van der Waals surface area contributed by atoms with E-state index in [-0.39, 0.29) is 5.91 Å². The molecule has 146 valence electrons. The number of carbonyl (C=O) groups is 1. The summed E-state index contributed by atoms with van der Waals surface area (Å²) in [5.41, 5.74) is 4.57. The first-order chi connectivity index (χ1) is 14.2. The zero-order chi connectivity index (χ0) is 20.2. The highest BCUT2D eigenvalue weighted by Gasteiger charge is 2.17. The van der Waals surface area contributed by atoms with Crippen LogP contribution in [-0.2, 0) is 6.54 Å². The molecule has 29 heavy (non-hydrogen) atoms. The lowest BCUT2D eigenvalue weighted by Gasteiger charge is -2.19. The number of rotatable bonds is 6. The molecule has 0 saturated carbocycles. The van der Waals surface area contributed by atoms with Crippen molar-refractivity contribution in [1.29, 1.82) is 0 Å². The van der Waals surface area contributed by atoms with Gasteiger partial charge in [0.1, 0.15) is 5.75 Å². The Morgan fingerprint density at radius 1 is 1.07 bits per heavy atom. The molecular formula is C24H23N3O2. The number of hydrogen-bond acceptors (Lipinski definition) is 3. The monoisotopic (exact) mass is 385 g/mol. The second kappa shape index (κ2) is 8.19. The Balaban J connectivity index is 1.63. The van der Waals surface area contributed by atoms with E-state index >= 15 is 0 Å². The number of ether oxygens (including phenoxy) is 1. The number of hydrogen-bond donors (Lipinski definition) is 1. The van der Waals surface area contributed by atoms with E-state index in [2.05, 4.69) is 10.2 Å². The molecule has 3 aromatic carbocycles. The molecule has 0 saturated heterocycles. The number of para-hydroxylation sites is 1. The fourth-order valence-electron chi connectivity index (χ4n) is 3.50. The van der Waals surface area contributed by atoms with Crippen molar-refractivity contribution in [3.05, 3.63) is 84.1 Å². The summed E-state index contributed by atoms with van der Waals surface area (Å²) >= 11 is 0. The first-order valence-electron chi connectivity index (χ1n) is 9.66. The summed E-state index contributed by atoms with van der Waals surface area (Å²) in [6.07, 6.45) is 1.79. The van der Waals surface area contributed by atoms with Crippen LogP contribution in [0.15, 0.2) is 72.9 Å². The summed E-state index contributed by atoms with van der Waals surface area (Å²) in [5, 5.41) is 8.16. The van der Waals surface area contributed by atoms with Gasteiger partial charge in [0, 0.05) is 30.1 Å². The van der Waals surface area contributed by atoms with Crippen molar-refractivity contribution in [2.24, 2.45) is 0 Å². The largest absolute Gasteiger partial charge is 0.493 e. The van der Waals surface area contributed by atoms with Gasteiger partial charge in [0.05, 0.1) is 18.3 Å². The van der Waals surface area contributed by atoms with Crippen molar-refractivity contribution in [3.63, 3.8) is 0 Å². The van der Waals surface area contributed by atoms with Gasteiger partial charge in [0.25, 0.3) is 5.91 Å². The zero-order valence-corrected chi connectivity index (χ0v) is 16.6. The molecule has 0 spiro atoms. The molecule has 4 aromatic rings. The van der Waals surface area contributed by atoms with Crippen LogP contribution in [0.2, 0.25) is 0 Å². The third-order valence-electron chi connectivity index (χ3n) is 4.93. The van der Waals surface area contributed by atoms with Crippen LogP contribution in [0, 0.1) is 0 Å². The minimum atomic E-state index is -0.0400. The van der Waals surface area contributed by atoms with Crippen molar-refractivity contribution in [2.45, 2.75) is 13.5 Å². The minimum Gasteiger partial charge on any atom is -0.493 e. The molecule has 0 bridgehead atoms. The summed E-state index contributed by atoms with van der Waals surface area (Å²) in [7, 11) is 1.82. The number of nitrogens with zero attached hydrogens (tertiary/aromatic N) is 2. The maximum Gasteiger partial charge on any atom is 0.253 e. The van der Waals surface area contributed by atoms with Crippen molar-refractivity contribution in [3.8, 4) is 16.9 Å². The Kier molecular flexibility index (Phi) is 5.29. The van der Waals surface area contributed by atoms with Crippen LogP contribution in [0.3, 0.4) is 0 Å². The van der Waals surface area contributed by atoms with Gasteiger partial charge >= 0.3 is 0 Å². The third-order valence-corrected chi connectivity index (χ3v) is 4.93. The molecule has 0 radical (unpaired) electrons. The SMILES string of the molecule is CCOc1ccc(C(=O)N(C)Cc2cccc3cn[nH]c23)cc1-c1ccccc1. The van der Waals surface area contributed by atoms with Crippen LogP contribution in [-0.4, -0.2) is 34.7 Å². The minimum absolute atomic E-state index is 0.0400. The smallest absolute Gasteiger partial charge is 0.253 e. The first kappa shape index (κ1) is 18.7. The standard InChI is InChI=1S/C24H23N3O2/c1-3-29-22-13-12-18(14-21(22)17-8-5-4-6-9-17)24(28)27(2)16-20-11-7-10-19-15-25-26-23(19)20/h4-15H,3,16H2,1-2H3,(H,25,26). The lowest BCUT2D eigenvalue weighted by Crippen LogP contribution is -2.26. The molecular weight excluding hydrogens is 362 g/mol. The fourth-order valence-corrected chi connectivity index (χ4v) is 3.50. The first-order valence-corrected chi connectivity index (χ1v) is 9.66. The summed E-state index contributed by atoms with van der Waals surface area (Å²) in [6.45, 7) is 3.02.